The predicted octanol–water partition coefficient (Wildman–Crippen LogP) is 4.48. The molecule has 0 bridgehead atoms. The van der Waals surface area contributed by atoms with Crippen LogP contribution in [0.2, 0.25) is 0 Å². The molecule has 142 valence electrons. The number of nitrogens with zero attached hydrogens (tertiary/aromatic N) is 2. The van der Waals surface area contributed by atoms with Gasteiger partial charge in [0.25, 0.3) is 0 Å². The fourth-order valence-corrected chi connectivity index (χ4v) is 4.14. The first-order valence-corrected chi connectivity index (χ1v) is 10.5. The number of hydrogen-bond acceptors (Lipinski definition) is 5. The van der Waals surface area contributed by atoms with E-state index in [1.165, 1.54) is 6.42 Å². The van der Waals surface area contributed by atoms with Crippen molar-refractivity contribution in [1.82, 2.24) is 0 Å². The summed E-state index contributed by atoms with van der Waals surface area (Å²) in [6, 6.07) is 0. The van der Waals surface area contributed by atoms with Gasteiger partial charge in [-0.1, -0.05) is 24.8 Å². The van der Waals surface area contributed by atoms with Crippen LogP contribution in [0.15, 0.2) is 68.8 Å². The SMILES string of the molecule is C=C(/N=C\C(=C/C)C1=CC2OCCOC2(C)C=C1)SCC1=CC2CC2C=N1. The van der Waals surface area contributed by atoms with E-state index in [9.17, 15) is 0 Å². The summed E-state index contributed by atoms with van der Waals surface area (Å²) in [6.45, 7) is 9.42. The summed E-state index contributed by atoms with van der Waals surface area (Å²) in [7, 11) is 0. The van der Waals surface area contributed by atoms with Gasteiger partial charge in [-0.15, -0.1) is 11.8 Å². The second kappa shape index (κ2) is 7.74. The lowest BCUT2D eigenvalue weighted by Crippen LogP contribution is -2.47. The fraction of sp³-hybridized carbons (Fsp3) is 0.455. The van der Waals surface area contributed by atoms with Crippen LogP contribution < -0.4 is 0 Å². The van der Waals surface area contributed by atoms with Gasteiger partial charge in [0, 0.05) is 29.8 Å². The molecule has 0 amide bonds. The van der Waals surface area contributed by atoms with Crippen LogP contribution >= 0.6 is 11.8 Å². The number of thioether (sulfide) groups is 1. The number of fused-ring (bicyclic) bond motifs is 2. The molecule has 2 aliphatic heterocycles. The van der Waals surface area contributed by atoms with Gasteiger partial charge in [-0.3, -0.25) is 4.99 Å². The van der Waals surface area contributed by atoms with Crippen LogP contribution in [0.25, 0.3) is 0 Å². The molecule has 0 aromatic heterocycles. The maximum atomic E-state index is 5.89. The van der Waals surface area contributed by atoms with E-state index < -0.39 is 0 Å². The van der Waals surface area contributed by atoms with Gasteiger partial charge in [-0.2, -0.15) is 0 Å². The lowest BCUT2D eigenvalue weighted by molar-refractivity contribution is -0.154. The highest BCUT2D eigenvalue weighted by Gasteiger charge is 2.38. The molecular formula is C22H26N2O2S. The summed E-state index contributed by atoms with van der Waals surface area (Å²) in [6.07, 6.45) is 15.8. The van der Waals surface area contributed by atoms with Crippen molar-refractivity contribution < 1.29 is 9.47 Å². The average molecular weight is 383 g/mol. The second-order valence-corrected chi connectivity index (χ2v) is 8.51. The van der Waals surface area contributed by atoms with Gasteiger partial charge < -0.3 is 9.47 Å². The smallest absolute Gasteiger partial charge is 0.114 e. The third kappa shape index (κ3) is 4.26. The highest BCUT2D eigenvalue weighted by Crippen LogP contribution is 2.42. The van der Waals surface area contributed by atoms with Gasteiger partial charge in [0.2, 0.25) is 0 Å². The molecule has 5 heteroatoms. The molecule has 4 atom stereocenters. The molecule has 4 rings (SSSR count). The highest BCUT2D eigenvalue weighted by molar-refractivity contribution is 8.03. The average Bonchev–Trinajstić information content (AvgIpc) is 3.45. The van der Waals surface area contributed by atoms with Crippen LogP contribution in [0, 0.1) is 11.8 Å². The van der Waals surface area contributed by atoms with Crippen molar-refractivity contribution in [2.45, 2.75) is 32.0 Å². The van der Waals surface area contributed by atoms with Crippen LogP contribution in [0.3, 0.4) is 0 Å². The second-order valence-electron chi connectivity index (χ2n) is 7.46. The monoisotopic (exact) mass is 382 g/mol. The number of allylic oxidation sites excluding steroid dienone is 5. The lowest BCUT2D eigenvalue weighted by atomic mass is 9.87. The summed E-state index contributed by atoms with van der Waals surface area (Å²) < 4.78 is 11.8. The topological polar surface area (TPSA) is 43.2 Å². The van der Waals surface area contributed by atoms with E-state index in [0.717, 1.165) is 33.5 Å². The largest absolute Gasteiger partial charge is 0.368 e. The van der Waals surface area contributed by atoms with Crippen molar-refractivity contribution in [1.29, 1.82) is 0 Å². The molecule has 0 aromatic carbocycles. The molecular weight excluding hydrogens is 356 g/mol. The third-order valence-corrected chi connectivity index (χ3v) is 6.27. The summed E-state index contributed by atoms with van der Waals surface area (Å²) in [5.74, 6) is 2.26. The number of aliphatic imine (C=N–C) groups is 2. The molecule has 2 aliphatic carbocycles. The Morgan fingerprint density at radius 3 is 3.11 bits per heavy atom. The fourth-order valence-electron chi connectivity index (χ4n) is 3.52. The van der Waals surface area contributed by atoms with Crippen molar-refractivity contribution in [2.75, 3.05) is 19.0 Å². The Labute approximate surface area is 165 Å². The zero-order valence-electron chi connectivity index (χ0n) is 15.9. The summed E-state index contributed by atoms with van der Waals surface area (Å²) in [5, 5.41) is 0.797. The van der Waals surface area contributed by atoms with Gasteiger partial charge >= 0.3 is 0 Å². The van der Waals surface area contributed by atoms with Crippen LogP contribution in [0.5, 0.6) is 0 Å². The molecule has 4 nitrogen and oxygen atoms in total. The Kier molecular flexibility index (Phi) is 5.35. The Morgan fingerprint density at radius 1 is 1.41 bits per heavy atom. The molecule has 4 unspecified atom stereocenters. The van der Waals surface area contributed by atoms with E-state index in [1.807, 2.05) is 13.1 Å². The van der Waals surface area contributed by atoms with Gasteiger partial charge in [0.05, 0.1) is 18.2 Å². The van der Waals surface area contributed by atoms with E-state index in [2.05, 4.69) is 60.1 Å². The van der Waals surface area contributed by atoms with Crippen molar-refractivity contribution in [3.8, 4) is 0 Å². The first-order valence-electron chi connectivity index (χ1n) is 9.51. The molecule has 1 saturated heterocycles. The van der Waals surface area contributed by atoms with Crippen molar-refractivity contribution in [3.63, 3.8) is 0 Å². The minimum atomic E-state index is -0.369. The minimum absolute atomic E-state index is 0.0606. The first kappa shape index (κ1) is 18.7. The van der Waals surface area contributed by atoms with Crippen molar-refractivity contribution in [2.24, 2.45) is 21.8 Å². The molecule has 4 aliphatic rings. The highest BCUT2D eigenvalue weighted by atomic mass is 32.2. The standard InChI is InChI=1S/C22H26N2O2S/c1-4-16(17-5-6-22(3)21(11-17)25-7-8-26-22)12-23-15(2)27-14-20-10-18-9-19(18)13-24-20/h4-6,10-13,18-19,21H,2,7-9,14H2,1,3H3/b16-4+,23-12-. The Bertz CT molecular complexity index is 805. The van der Waals surface area contributed by atoms with E-state index in [1.54, 1.807) is 11.8 Å². The normalized spacial score (nSPS) is 34.7. The molecule has 0 spiro atoms. The van der Waals surface area contributed by atoms with Crippen LogP contribution in [-0.4, -0.2) is 43.1 Å². The number of rotatable bonds is 6. The van der Waals surface area contributed by atoms with Gasteiger partial charge in [-0.05, 0) is 49.5 Å². The van der Waals surface area contributed by atoms with E-state index >= 15 is 0 Å². The minimum Gasteiger partial charge on any atom is -0.368 e. The summed E-state index contributed by atoms with van der Waals surface area (Å²) in [4.78, 5) is 9.08. The van der Waals surface area contributed by atoms with E-state index in [4.69, 9.17) is 9.47 Å². The zero-order chi connectivity index (χ0) is 18.9. The first-order chi connectivity index (χ1) is 13.1. The number of hydrogen-bond donors (Lipinski definition) is 0. The van der Waals surface area contributed by atoms with Crippen molar-refractivity contribution in [3.05, 3.63) is 58.8 Å². The van der Waals surface area contributed by atoms with E-state index in [-0.39, 0.29) is 11.7 Å². The molecule has 0 aromatic rings. The van der Waals surface area contributed by atoms with E-state index in [0.29, 0.717) is 19.1 Å². The molecule has 1 saturated carbocycles. The lowest BCUT2D eigenvalue weighted by Gasteiger charge is -2.39. The maximum absolute atomic E-state index is 5.89. The summed E-state index contributed by atoms with van der Waals surface area (Å²) >= 11 is 1.64. The Morgan fingerprint density at radius 2 is 2.30 bits per heavy atom. The van der Waals surface area contributed by atoms with Crippen LogP contribution in [-0.2, 0) is 9.47 Å². The zero-order valence-corrected chi connectivity index (χ0v) is 16.7. The van der Waals surface area contributed by atoms with Crippen molar-refractivity contribution >= 4 is 24.2 Å². The number of ether oxygens (including phenoxy) is 2. The van der Waals surface area contributed by atoms with Gasteiger partial charge in [-0.25, -0.2) is 4.99 Å². The molecule has 2 fully saturated rings. The predicted molar refractivity (Wildman–Crippen MR) is 113 cm³/mol. The maximum Gasteiger partial charge on any atom is 0.114 e. The van der Waals surface area contributed by atoms with Crippen LogP contribution in [0.4, 0.5) is 0 Å². The Balaban J connectivity index is 1.35. The molecule has 0 radical (unpaired) electrons. The van der Waals surface area contributed by atoms with Crippen LogP contribution in [0.1, 0.15) is 20.3 Å². The quantitative estimate of drug-likeness (QED) is 0.636. The van der Waals surface area contributed by atoms with Gasteiger partial charge in [0.1, 0.15) is 11.7 Å². The van der Waals surface area contributed by atoms with Gasteiger partial charge in [0.15, 0.2) is 0 Å². The Hall–Kier alpha value is -1.69. The molecule has 0 N–H and O–H groups in total. The summed E-state index contributed by atoms with van der Waals surface area (Å²) in [5.41, 5.74) is 2.94. The third-order valence-electron chi connectivity index (χ3n) is 5.39. The molecule has 2 heterocycles. The molecule has 27 heavy (non-hydrogen) atoms.